The summed E-state index contributed by atoms with van der Waals surface area (Å²) in [5.41, 5.74) is 0.905. The van der Waals surface area contributed by atoms with Gasteiger partial charge in [0.25, 0.3) is 5.69 Å². The summed E-state index contributed by atoms with van der Waals surface area (Å²) in [6, 6.07) is 7.49. The molecule has 0 N–H and O–H groups in total. The van der Waals surface area contributed by atoms with Crippen LogP contribution in [0.5, 0.6) is 5.75 Å². The molecule has 0 bridgehead atoms. The predicted molar refractivity (Wildman–Crippen MR) is 81.0 cm³/mol. The minimum Gasteiger partial charge on any atom is -0.867 e. The maximum atomic E-state index is 11.9. The van der Waals surface area contributed by atoms with E-state index >= 15 is 0 Å². The zero-order valence-corrected chi connectivity index (χ0v) is 12.4. The summed E-state index contributed by atoms with van der Waals surface area (Å²) in [6.07, 6.45) is 1.24. The van der Waals surface area contributed by atoms with E-state index in [1.54, 1.807) is 18.2 Å². The van der Waals surface area contributed by atoms with Crippen LogP contribution in [0, 0.1) is 17.0 Å². The van der Waals surface area contributed by atoms with Gasteiger partial charge < -0.3 is 5.11 Å². The summed E-state index contributed by atoms with van der Waals surface area (Å²) in [7, 11) is 0. The molecule has 0 saturated heterocycles. The van der Waals surface area contributed by atoms with Gasteiger partial charge in [-0.3, -0.25) is 15.1 Å². The molecule has 2 aromatic carbocycles. The Labute approximate surface area is 130 Å². The SMILES string of the molecule is Cc1ccc(N=Cc2cc(Cl)cc([N+](=O)[O-])c2[O-])cc1Cl. The van der Waals surface area contributed by atoms with Crippen molar-refractivity contribution in [3.63, 3.8) is 0 Å². The van der Waals surface area contributed by atoms with Crippen molar-refractivity contribution in [1.29, 1.82) is 0 Å². The summed E-state index contributed by atoms with van der Waals surface area (Å²) in [4.78, 5) is 14.1. The molecule has 0 atom stereocenters. The second-order valence-corrected chi connectivity index (χ2v) is 5.14. The van der Waals surface area contributed by atoms with Crippen molar-refractivity contribution in [1.82, 2.24) is 0 Å². The molecule has 0 saturated carbocycles. The first kappa shape index (κ1) is 15.3. The monoisotopic (exact) mass is 323 g/mol. The maximum absolute atomic E-state index is 11.9. The molecule has 0 heterocycles. The Balaban J connectivity index is 2.41. The van der Waals surface area contributed by atoms with Gasteiger partial charge in [-0.2, -0.15) is 0 Å². The maximum Gasteiger partial charge on any atom is 0.263 e. The fourth-order valence-corrected chi connectivity index (χ4v) is 2.03. The Kier molecular flexibility index (Phi) is 4.45. The third kappa shape index (κ3) is 3.51. The summed E-state index contributed by atoms with van der Waals surface area (Å²) >= 11 is 11.7. The van der Waals surface area contributed by atoms with Crippen molar-refractivity contribution in [3.8, 4) is 5.75 Å². The molecule has 0 amide bonds. The summed E-state index contributed by atoms with van der Waals surface area (Å²) in [5, 5.41) is 23.3. The van der Waals surface area contributed by atoms with Crippen molar-refractivity contribution < 1.29 is 10.0 Å². The number of rotatable bonds is 3. The number of hydrogen-bond acceptors (Lipinski definition) is 4. The van der Waals surface area contributed by atoms with E-state index in [1.165, 1.54) is 12.3 Å². The van der Waals surface area contributed by atoms with Crippen LogP contribution in [0.3, 0.4) is 0 Å². The number of aliphatic imine (C=N–C) groups is 1. The Morgan fingerprint density at radius 3 is 2.57 bits per heavy atom. The molecule has 0 aliphatic carbocycles. The number of nitro groups is 1. The van der Waals surface area contributed by atoms with Gasteiger partial charge in [-0.25, -0.2) is 0 Å². The van der Waals surface area contributed by atoms with Crippen LogP contribution in [0.15, 0.2) is 35.3 Å². The Morgan fingerprint density at radius 2 is 1.95 bits per heavy atom. The largest absolute Gasteiger partial charge is 0.867 e. The predicted octanol–water partition coefficient (Wildman–Crippen LogP) is 4.03. The van der Waals surface area contributed by atoms with Gasteiger partial charge in [0.15, 0.2) is 0 Å². The van der Waals surface area contributed by atoms with Crippen LogP contribution in [0.1, 0.15) is 11.1 Å². The van der Waals surface area contributed by atoms with E-state index in [9.17, 15) is 15.2 Å². The van der Waals surface area contributed by atoms with Gasteiger partial charge in [0.05, 0.1) is 10.6 Å². The van der Waals surface area contributed by atoms with Crippen molar-refractivity contribution >= 4 is 40.8 Å². The Hall–Kier alpha value is -2.11. The molecule has 0 unspecified atom stereocenters. The van der Waals surface area contributed by atoms with Gasteiger partial charge in [0, 0.05) is 22.3 Å². The normalized spacial score (nSPS) is 11.0. The van der Waals surface area contributed by atoms with Crippen LogP contribution in [-0.2, 0) is 0 Å². The molecule has 2 rings (SSSR count). The molecule has 108 valence electrons. The highest BCUT2D eigenvalue weighted by Crippen LogP contribution is 2.30. The molecular weight excluding hydrogens is 315 g/mol. The van der Waals surface area contributed by atoms with Crippen molar-refractivity contribution in [2.45, 2.75) is 6.92 Å². The van der Waals surface area contributed by atoms with Crippen molar-refractivity contribution in [2.75, 3.05) is 0 Å². The number of benzene rings is 2. The minimum absolute atomic E-state index is 0.0471. The van der Waals surface area contributed by atoms with E-state index in [4.69, 9.17) is 23.2 Å². The molecule has 0 aliphatic heterocycles. The number of aryl methyl sites for hydroxylation is 1. The lowest BCUT2D eigenvalue weighted by molar-refractivity contribution is -0.398. The van der Waals surface area contributed by atoms with Crippen LogP contribution in [0.25, 0.3) is 0 Å². The molecule has 0 fully saturated rings. The topological polar surface area (TPSA) is 78.6 Å². The fourth-order valence-electron chi connectivity index (χ4n) is 1.64. The van der Waals surface area contributed by atoms with Crippen LogP contribution in [-0.4, -0.2) is 11.1 Å². The first-order valence-electron chi connectivity index (χ1n) is 5.83. The van der Waals surface area contributed by atoms with E-state index in [0.29, 0.717) is 10.7 Å². The molecule has 7 heteroatoms. The molecule has 21 heavy (non-hydrogen) atoms. The van der Waals surface area contributed by atoms with Gasteiger partial charge in [-0.1, -0.05) is 29.3 Å². The lowest BCUT2D eigenvalue weighted by Gasteiger charge is -2.10. The average molecular weight is 324 g/mol. The number of nitro benzene ring substituents is 1. The second-order valence-electron chi connectivity index (χ2n) is 4.29. The number of nitrogens with zero attached hydrogens (tertiary/aromatic N) is 2. The molecule has 0 radical (unpaired) electrons. The third-order valence-electron chi connectivity index (χ3n) is 2.77. The van der Waals surface area contributed by atoms with Crippen molar-refractivity contribution in [2.24, 2.45) is 4.99 Å². The van der Waals surface area contributed by atoms with E-state index in [-0.39, 0.29) is 10.6 Å². The quantitative estimate of drug-likeness (QED) is 0.486. The zero-order chi connectivity index (χ0) is 15.6. The van der Waals surface area contributed by atoms with E-state index in [1.807, 2.05) is 6.92 Å². The average Bonchev–Trinajstić information content (AvgIpc) is 2.42. The lowest BCUT2D eigenvalue weighted by atomic mass is 10.2. The second kappa shape index (κ2) is 6.11. The van der Waals surface area contributed by atoms with Gasteiger partial charge in [-0.05, 0) is 42.0 Å². The highest BCUT2D eigenvalue weighted by atomic mass is 35.5. The van der Waals surface area contributed by atoms with Gasteiger partial charge in [-0.15, -0.1) is 0 Å². The zero-order valence-electron chi connectivity index (χ0n) is 10.8. The van der Waals surface area contributed by atoms with Gasteiger partial charge in [0.1, 0.15) is 0 Å². The number of hydrogen-bond donors (Lipinski definition) is 0. The van der Waals surface area contributed by atoms with Crippen LogP contribution in [0.4, 0.5) is 11.4 Å². The summed E-state index contributed by atoms with van der Waals surface area (Å²) in [6.45, 7) is 1.85. The summed E-state index contributed by atoms with van der Waals surface area (Å²) in [5.74, 6) is -0.730. The standard InChI is InChI=1S/C14H10Cl2N2O3/c1-8-2-3-11(6-12(8)16)17-7-9-4-10(15)5-13(14(9)19)18(20)21/h2-7,19H,1H3/p-1. The lowest BCUT2D eigenvalue weighted by Crippen LogP contribution is -2.02. The molecule has 2 aromatic rings. The van der Waals surface area contributed by atoms with Gasteiger partial charge >= 0.3 is 0 Å². The van der Waals surface area contributed by atoms with E-state index in [0.717, 1.165) is 11.6 Å². The molecular formula is C14H9Cl2N2O3-. The van der Waals surface area contributed by atoms with Crippen LogP contribution in [0.2, 0.25) is 10.0 Å². The highest BCUT2D eigenvalue weighted by Gasteiger charge is 2.11. The Bertz CT molecular complexity index is 745. The van der Waals surface area contributed by atoms with Gasteiger partial charge in [0.2, 0.25) is 0 Å². The molecule has 5 nitrogen and oxygen atoms in total. The number of halogens is 2. The molecule has 0 aromatic heterocycles. The minimum atomic E-state index is -0.770. The van der Waals surface area contributed by atoms with E-state index < -0.39 is 16.4 Å². The van der Waals surface area contributed by atoms with Crippen LogP contribution < -0.4 is 5.11 Å². The first-order valence-corrected chi connectivity index (χ1v) is 6.59. The molecule has 0 aliphatic rings. The Morgan fingerprint density at radius 1 is 1.24 bits per heavy atom. The fraction of sp³-hybridized carbons (Fsp3) is 0.0714. The molecule has 0 spiro atoms. The van der Waals surface area contributed by atoms with E-state index in [2.05, 4.69) is 4.99 Å². The third-order valence-corrected chi connectivity index (χ3v) is 3.39. The summed E-state index contributed by atoms with van der Waals surface area (Å²) < 4.78 is 0. The highest BCUT2D eigenvalue weighted by molar-refractivity contribution is 6.31. The van der Waals surface area contributed by atoms with Crippen molar-refractivity contribution in [3.05, 3.63) is 61.6 Å². The smallest absolute Gasteiger partial charge is 0.263 e. The first-order chi connectivity index (χ1) is 9.88. The van der Waals surface area contributed by atoms with Crippen LogP contribution >= 0.6 is 23.2 Å².